The molecule has 1 amide bonds. The van der Waals surface area contributed by atoms with E-state index < -0.39 is 12.1 Å². The van der Waals surface area contributed by atoms with Crippen LogP contribution in [-0.4, -0.2) is 12.5 Å². The molecule has 0 radical (unpaired) electrons. The average molecular weight is 291 g/mol. The fourth-order valence-electron chi connectivity index (χ4n) is 3.98. The summed E-state index contributed by atoms with van der Waals surface area (Å²) in [5.41, 5.74) is 5.63. The van der Waals surface area contributed by atoms with Crippen molar-refractivity contribution in [2.75, 3.05) is 6.61 Å². The molecule has 1 atom stereocenters. The highest BCUT2D eigenvalue weighted by molar-refractivity contribution is 5.75. The van der Waals surface area contributed by atoms with Gasteiger partial charge in [0.05, 0.1) is 0 Å². The van der Waals surface area contributed by atoms with Gasteiger partial charge in [-0.05, 0) is 42.9 Å². The Morgan fingerprint density at radius 3 is 2.71 bits per heavy atom. The average Bonchev–Trinajstić information content (AvgIpc) is 2.78. The van der Waals surface area contributed by atoms with E-state index in [4.69, 9.17) is 10.5 Å². The number of nitrogens with two attached hydrogens (primary N) is 1. The first-order chi connectivity index (χ1) is 10.1. The van der Waals surface area contributed by atoms with E-state index in [-0.39, 0.29) is 12.0 Å². The van der Waals surface area contributed by atoms with Crippen molar-refractivity contribution in [1.82, 2.24) is 0 Å². The lowest BCUT2D eigenvalue weighted by Gasteiger charge is -2.48. The minimum atomic E-state index is -0.892. The van der Waals surface area contributed by atoms with Crippen LogP contribution in [0.5, 0.6) is 5.75 Å². The summed E-state index contributed by atoms with van der Waals surface area (Å²) in [5.74, 6) is 0.777. The van der Waals surface area contributed by atoms with Crippen molar-refractivity contribution in [1.29, 1.82) is 0 Å². The number of carbonyl (C=O) groups is 1. The van der Waals surface area contributed by atoms with Crippen molar-refractivity contribution in [3.8, 4) is 5.75 Å². The van der Waals surface area contributed by atoms with Crippen LogP contribution in [0.2, 0.25) is 0 Å². The van der Waals surface area contributed by atoms with Crippen LogP contribution in [0.25, 0.3) is 0 Å². The first-order valence-corrected chi connectivity index (χ1v) is 7.74. The van der Waals surface area contributed by atoms with Crippen LogP contribution in [0, 0.1) is 11.3 Å². The van der Waals surface area contributed by atoms with Crippen LogP contribution in [0.15, 0.2) is 24.3 Å². The van der Waals surface area contributed by atoms with Gasteiger partial charge in [-0.15, -0.1) is 0 Å². The smallest absolute Gasteiger partial charge is 0.255 e. The standard InChI is InChI=1S/C17H22FNO2/c18-16(17-8-2-1-3-12(9-17)10-17)13-4-6-14(7-5-13)21-11-15(19)20/h4-7,12,16H,1-3,8-11H2,(H2,19,20). The van der Waals surface area contributed by atoms with E-state index in [0.717, 1.165) is 37.2 Å². The van der Waals surface area contributed by atoms with Gasteiger partial charge in [-0.2, -0.15) is 0 Å². The summed E-state index contributed by atoms with van der Waals surface area (Å²) in [6.45, 7) is -0.149. The van der Waals surface area contributed by atoms with Crippen LogP contribution >= 0.6 is 0 Å². The molecule has 3 aliphatic rings. The van der Waals surface area contributed by atoms with Crippen LogP contribution in [-0.2, 0) is 4.79 Å². The monoisotopic (exact) mass is 291 g/mol. The normalized spacial score (nSPS) is 29.1. The van der Waals surface area contributed by atoms with Gasteiger partial charge in [0.25, 0.3) is 5.91 Å². The molecule has 3 aliphatic carbocycles. The zero-order valence-corrected chi connectivity index (χ0v) is 12.2. The molecule has 1 aromatic carbocycles. The Labute approximate surface area is 124 Å². The summed E-state index contributed by atoms with van der Waals surface area (Å²) >= 11 is 0. The van der Waals surface area contributed by atoms with E-state index in [2.05, 4.69) is 0 Å². The molecule has 3 saturated carbocycles. The molecule has 21 heavy (non-hydrogen) atoms. The Kier molecular flexibility index (Phi) is 3.87. The largest absolute Gasteiger partial charge is 0.484 e. The summed E-state index contributed by atoms with van der Waals surface area (Å²) in [6.07, 6.45) is 5.86. The van der Waals surface area contributed by atoms with Crippen molar-refractivity contribution in [3.05, 3.63) is 29.8 Å². The van der Waals surface area contributed by atoms with Crippen molar-refractivity contribution in [2.45, 2.75) is 44.7 Å². The molecule has 114 valence electrons. The first kappa shape index (κ1) is 14.4. The second kappa shape index (κ2) is 5.66. The highest BCUT2D eigenvalue weighted by Gasteiger charge is 2.51. The number of benzene rings is 1. The minimum Gasteiger partial charge on any atom is -0.484 e. The molecule has 4 rings (SSSR count). The highest BCUT2D eigenvalue weighted by atomic mass is 19.1. The fraction of sp³-hybridized carbons (Fsp3) is 0.588. The Morgan fingerprint density at radius 1 is 1.33 bits per heavy atom. The third kappa shape index (κ3) is 2.89. The summed E-state index contributed by atoms with van der Waals surface area (Å²) in [4.78, 5) is 10.7. The number of amides is 1. The van der Waals surface area contributed by atoms with Crippen LogP contribution < -0.4 is 10.5 Å². The molecule has 0 spiro atoms. The molecule has 2 bridgehead atoms. The molecule has 0 saturated heterocycles. The van der Waals surface area contributed by atoms with Gasteiger partial charge in [-0.25, -0.2) is 4.39 Å². The predicted octanol–water partition coefficient (Wildman–Crippen LogP) is 3.53. The number of rotatable bonds is 5. The minimum absolute atomic E-state index is 0.128. The lowest BCUT2D eigenvalue weighted by Crippen LogP contribution is -2.39. The second-order valence-electron chi connectivity index (χ2n) is 6.57. The molecule has 2 N–H and O–H groups in total. The Morgan fingerprint density at radius 2 is 2.05 bits per heavy atom. The van der Waals surface area contributed by atoms with Gasteiger partial charge in [0.2, 0.25) is 0 Å². The summed E-state index contributed by atoms with van der Waals surface area (Å²) in [7, 11) is 0. The third-order valence-electron chi connectivity index (χ3n) is 5.02. The number of fused-ring (bicyclic) bond motifs is 3. The number of ether oxygens (including phenoxy) is 1. The van der Waals surface area contributed by atoms with Crippen LogP contribution in [0.4, 0.5) is 4.39 Å². The van der Waals surface area contributed by atoms with Crippen molar-refractivity contribution in [3.63, 3.8) is 0 Å². The molecule has 3 nitrogen and oxygen atoms in total. The SMILES string of the molecule is NC(=O)COc1ccc(C(F)C23CCCCC(C2)C3)cc1. The molecular weight excluding hydrogens is 269 g/mol. The zero-order valence-electron chi connectivity index (χ0n) is 12.2. The van der Waals surface area contributed by atoms with Gasteiger partial charge in [-0.3, -0.25) is 4.79 Å². The fourth-order valence-corrected chi connectivity index (χ4v) is 3.98. The predicted molar refractivity (Wildman–Crippen MR) is 78.6 cm³/mol. The van der Waals surface area contributed by atoms with Gasteiger partial charge < -0.3 is 10.5 Å². The number of primary amides is 1. The second-order valence-corrected chi connectivity index (χ2v) is 6.57. The number of halogens is 1. The molecule has 0 aromatic heterocycles. The van der Waals surface area contributed by atoms with E-state index in [1.165, 1.54) is 12.8 Å². The van der Waals surface area contributed by atoms with Crippen molar-refractivity contribution >= 4 is 5.91 Å². The van der Waals surface area contributed by atoms with Gasteiger partial charge in [0.1, 0.15) is 11.9 Å². The maximum atomic E-state index is 15.0. The van der Waals surface area contributed by atoms with E-state index in [9.17, 15) is 9.18 Å². The zero-order chi connectivity index (χ0) is 14.9. The maximum Gasteiger partial charge on any atom is 0.255 e. The van der Waals surface area contributed by atoms with E-state index in [1.54, 1.807) is 24.3 Å². The topological polar surface area (TPSA) is 52.3 Å². The van der Waals surface area contributed by atoms with Crippen LogP contribution in [0.3, 0.4) is 0 Å². The third-order valence-corrected chi connectivity index (χ3v) is 5.02. The molecule has 0 heterocycles. The molecule has 0 aliphatic heterocycles. The Hall–Kier alpha value is -1.58. The molecule has 4 heteroatoms. The van der Waals surface area contributed by atoms with Gasteiger partial charge >= 0.3 is 0 Å². The highest BCUT2D eigenvalue weighted by Crippen LogP contribution is 2.61. The number of hydrogen-bond acceptors (Lipinski definition) is 2. The Balaban J connectivity index is 1.67. The maximum absolute atomic E-state index is 15.0. The molecule has 1 unspecified atom stereocenters. The summed E-state index contributed by atoms with van der Waals surface area (Å²) in [5, 5.41) is 0. The number of alkyl halides is 1. The number of hydrogen-bond donors (Lipinski definition) is 1. The lowest BCUT2D eigenvalue weighted by molar-refractivity contribution is -0.119. The van der Waals surface area contributed by atoms with Crippen molar-refractivity contribution < 1.29 is 13.9 Å². The molecule has 3 fully saturated rings. The Bertz CT molecular complexity index is 503. The molecular formula is C17H22FNO2. The van der Waals surface area contributed by atoms with Gasteiger partial charge in [0.15, 0.2) is 6.61 Å². The summed E-state index contributed by atoms with van der Waals surface area (Å²) < 4.78 is 20.2. The van der Waals surface area contributed by atoms with Crippen molar-refractivity contribution in [2.24, 2.45) is 17.1 Å². The van der Waals surface area contributed by atoms with E-state index >= 15 is 0 Å². The van der Waals surface area contributed by atoms with Crippen LogP contribution in [0.1, 0.15) is 50.3 Å². The van der Waals surface area contributed by atoms with E-state index in [1.807, 2.05) is 0 Å². The lowest BCUT2D eigenvalue weighted by atomic mass is 9.57. The quantitative estimate of drug-likeness (QED) is 0.902. The summed E-state index contributed by atoms with van der Waals surface area (Å²) in [6, 6.07) is 6.98. The van der Waals surface area contributed by atoms with E-state index in [0.29, 0.717) is 5.75 Å². The number of carbonyl (C=O) groups excluding carboxylic acids is 1. The first-order valence-electron chi connectivity index (χ1n) is 7.74. The molecule has 1 aromatic rings. The van der Waals surface area contributed by atoms with Gasteiger partial charge in [0, 0.05) is 5.41 Å². The van der Waals surface area contributed by atoms with Gasteiger partial charge in [-0.1, -0.05) is 31.4 Å².